The number of hydrogen-bond donors (Lipinski definition) is 0. The maximum Gasteiger partial charge on any atom is 0.209 e. The van der Waals surface area contributed by atoms with Gasteiger partial charge < -0.3 is 4.90 Å². The average Bonchev–Trinajstić information content (AvgIpc) is 3.40. The van der Waals surface area contributed by atoms with Crippen LogP contribution in [0.15, 0.2) is 83.6 Å². The van der Waals surface area contributed by atoms with Gasteiger partial charge in [-0.1, -0.05) is 56.3 Å². The summed E-state index contributed by atoms with van der Waals surface area (Å²) in [5, 5.41) is 0. The van der Waals surface area contributed by atoms with Gasteiger partial charge in [-0.2, -0.15) is 4.58 Å². The minimum Gasteiger partial charge on any atom is -0.344 e. The number of benzene rings is 2. The summed E-state index contributed by atoms with van der Waals surface area (Å²) in [4.78, 5) is 2.50. The zero-order chi connectivity index (χ0) is 23.4. The third-order valence-corrected chi connectivity index (χ3v) is 7.95. The van der Waals surface area contributed by atoms with Crippen molar-refractivity contribution in [3.05, 3.63) is 94.7 Å². The van der Waals surface area contributed by atoms with Crippen LogP contribution in [0.1, 0.15) is 65.5 Å². The molecule has 0 fully saturated rings. The predicted molar refractivity (Wildman–Crippen MR) is 141 cm³/mol. The molecule has 5 rings (SSSR count). The monoisotopic (exact) mass is 437 g/mol. The second-order valence-corrected chi connectivity index (χ2v) is 10.6. The van der Waals surface area contributed by atoms with Gasteiger partial charge in [-0.3, -0.25) is 0 Å². The summed E-state index contributed by atoms with van der Waals surface area (Å²) < 4.78 is 2.50. The van der Waals surface area contributed by atoms with E-state index >= 15 is 0 Å². The van der Waals surface area contributed by atoms with Crippen molar-refractivity contribution in [3.8, 4) is 0 Å². The number of nitrogens with zero attached hydrogens (tertiary/aromatic N) is 2. The predicted octanol–water partition coefficient (Wildman–Crippen LogP) is 7.43. The quantitative estimate of drug-likeness (QED) is 0.451. The SMILES string of the molecule is CCN1/C(=C\C2=CC(=C/C3=[N+](CC)c4ccccc4C3(C)C)/CC2)C(C)(C)c2ccccc21. The van der Waals surface area contributed by atoms with E-state index in [-0.39, 0.29) is 10.8 Å². The Bertz CT molecular complexity index is 1230. The van der Waals surface area contributed by atoms with Crippen LogP contribution in [-0.2, 0) is 10.8 Å². The van der Waals surface area contributed by atoms with Crippen LogP contribution in [0, 0.1) is 0 Å². The molecule has 0 saturated carbocycles. The molecule has 0 bridgehead atoms. The highest BCUT2D eigenvalue weighted by molar-refractivity contribution is 6.03. The van der Waals surface area contributed by atoms with Crippen LogP contribution >= 0.6 is 0 Å². The fraction of sp³-hybridized carbons (Fsp3) is 0.387. The lowest BCUT2D eigenvalue weighted by molar-refractivity contribution is -0.433. The molecule has 1 aliphatic carbocycles. The van der Waals surface area contributed by atoms with E-state index in [2.05, 4.69) is 118 Å². The molecule has 2 nitrogen and oxygen atoms in total. The zero-order valence-corrected chi connectivity index (χ0v) is 21.1. The molecule has 2 aromatic rings. The summed E-state index contributed by atoms with van der Waals surface area (Å²) in [5.41, 5.74) is 11.4. The minimum absolute atomic E-state index is 0.0305. The van der Waals surface area contributed by atoms with Crippen molar-refractivity contribution in [2.45, 2.75) is 65.2 Å². The number of anilines is 1. The summed E-state index contributed by atoms with van der Waals surface area (Å²) in [5.74, 6) is 0. The Kier molecular flexibility index (Phi) is 5.23. The fourth-order valence-corrected chi connectivity index (χ4v) is 6.13. The molecule has 2 heteroatoms. The Morgan fingerprint density at radius 2 is 1.55 bits per heavy atom. The van der Waals surface area contributed by atoms with Gasteiger partial charge in [0.2, 0.25) is 5.69 Å². The summed E-state index contributed by atoms with van der Waals surface area (Å²) in [6.07, 6.45) is 9.63. The van der Waals surface area contributed by atoms with Crippen molar-refractivity contribution in [1.29, 1.82) is 0 Å². The molecular weight excluding hydrogens is 400 g/mol. The summed E-state index contributed by atoms with van der Waals surface area (Å²) in [6, 6.07) is 17.8. The molecule has 0 spiro atoms. The molecular formula is C31H37N2+. The number of allylic oxidation sites excluding steroid dienone is 6. The minimum atomic E-state index is 0.0305. The van der Waals surface area contributed by atoms with Gasteiger partial charge in [0, 0.05) is 41.1 Å². The summed E-state index contributed by atoms with van der Waals surface area (Å²) in [6.45, 7) is 16.0. The Balaban J connectivity index is 1.52. The molecule has 33 heavy (non-hydrogen) atoms. The normalized spacial score (nSPS) is 22.8. The number of likely N-dealkylation sites (N-methyl/N-ethyl adjacent to an activating group) is 1. The topological polar surface area (TPSA) is 6.25 Å². The molecule has 0 saturated heterocycles. The molecule has 3 aliphatic rings. The third-order valence-electron chi connectivity index (χ3n) is 7.95. The maximum absolute atomic E-state index is 2.50. The van der Waals surface area contributed by atoms with Gasteiger partial charge in [0.05, 0.1) is 5.41 Å². The van der Waals surface area contributed by atoms with E-state index in [1.807, 2.05) is 0 Å². The van der Waals surface area contributed by atoms with Crippen LogP contribution in [0.4, 0.5) is 11.4 Å². The zero-order valence-electron chi connectivity index (χ0n) is 21.1. The molecule has 0 unspecified atom stereocenters. The van der Waals surface area contributed by atoms with Gasteiger partial charge in [0.1, 0.15) is 6.54 Å². The van der Waals surface area contributed by atoms with Crippen molar-refractivity contribution in [1.82, 2.24) is 0 Å². The van der Waals surface area contributed by atoms with E-state index in [0.29, 0.717) is 0 Å². The van der Waals surface area contributed by atoms with Crippen molar-refractivity contribution in [2.75, 3.05) is 18.0 Å². The smallest absolute Gasteiger partial charge is 0.209 e. The van der Waals surface area contributed by atoms with Crippen LogP contribution < -0.4 is 4.90 Å². The summed E-state index contributed by atoms with van der Waals surface area (Å²) >= 11 is 0. The Hall–Kier alpha value is -2.87. The molecule has 2 heterocycles. The number of hydrogen-bond acceptors (Lipinski definition) is 1. The molecule has 0 amide bonds. The van der Waals surface area contributed by atoms with Crippen molar-refractivity contribution in [3.63, 3.8) is 0 Å². The van der Waals surface area contributed by atoms with E-state index in [4.69, 9.17) is 0 Å². The molecule has 2 aliphatic heterocycles. The van der Waals surface area contributed by atoms with Gasteiger partial charge in [0.15, 0.2) is 5.71 Å². The highest BCUT2D eigenvalue weighted by Gasteiger charge is 2.44. The van der Waals surface area contributed by atoms with Crippen LogP contribution in [0.2, 0.25) is 0 Å². The Labute approximate surface area is 199 Å². The van der Waals surface area contributed by atoms with E-state index < -0.39 is 0 Å². The molecule has 0 radical (unpaired) electrons. The third kappa shape index (κ3) is 3.34. The van der Waals surface area contributed by atoms with Crippen molar-refractivity contribution < 1.29 is 4.58 Å². The second-order valence-electron chi connectivity index (χ2n) is 10.6. The lowest BCUT2D eigenvalue weighted by Crippen LogP contribution is -2.27. The molecule has 2 aromatic carbocycles. The highest BCUT2D eigenvalue weighted by atomic mass is 15.2. The number of fused-ring (bicyclic) bond motifs is 2. The Morgan fingerprint density at radius 1 is 0.848 bits per heavy atom. The standard InChI is InChI=1S/C31H37N2/c1-7-32-26-15-11-9-13-24(26)30(3,4)28(32)20-22-17-18-23(19-22)21-29-31(5,6)25-14-10-12-16-27(25)33(29)8-2/h9-16,19-21H,7-8,17-18H2,1-6H3/q+1. The average molecular weight is 438 g/mol. The van der Waals surface area contributed by atoms with Crippen molar-refractivity contribution in [2.24, 2.45) is 0 Å². The summed E-state index contributed by atoms with van der Waals surface area (Å²) in [7, 11) is 0. The van der Waals surface area contributed by atoms with E-state index in [9.17, 15) is 0 Å². The van der Waals surface area contributed by atoms with Crippen LogP contribution in [0.25, 0.3) is 0 Å². The first-order valence-electron chi connectivity index (χ1n) is 12.5. The molecule has 0 aromatic heterocycles. The molecule has 0 N–H and O–H groups in total. The second kappa shape index (κ2) is 7.87. The van der Waals surface area contributed by atoms with Gasteiger partial charge >= 0.3 is 0 Å². The van der Waals surface area contributed by atoms with E-state index in [1.54, 1.807) is 0 Å². The molecule has 0 atom stereocenters. The highest BCUT2D eigenvalue weighted by Crippen LogP contribution is 2.48. The first kappa shape index (κ1) is 21.9. The van der Waals surface area contributed by atoms with Crippen molar-refractivity contribution >= 4 is 17.1 Å². The van der Waals surface area contributed by atoms with Gasteiger partial charge in [-0.25, -0.2) is 0 Å². The fourth-order valence-electron chi connectivity index (χ4n) is 6.13. The van der Waals surface area contributed by atoms with Gasteiger partial charge in [-0.15, -0.1) is 0 Å². The Morgan fingerprint density at radius 3 is 2.27 bits per heavy atom. The number of para-hydroxylation sites is 2. The van der Waals surface area contributed by atoms with E-state index in [0.717, 1.165) is 25.9 Å². The van der Waals surface area contributed by atoms with Crippen LogP contribution in [-0.4, -0.2) is 23.4 Å². The van der Waals surface area contributed by atoms with E-state index in [1.165, 1.54) is 45.1 Å². The van der Waals surface area contributed by atoms with Crippen LogP contribution in [0.3, 0.4) is 0 Å². The lowest BCUT2D eigenvalue weighted by Gasteiger charge is -2.26. The first-order valence-corrected chi connectivity index (χ1v) is 12.5. The van der Waals surface area contributed by atoms with Gasteiger partial charge in [-0.05, 0) is 69.4 Å². The lowest BCUT2D eigenvalue weighted by atomic mass is 9.81. The van der Waals surface area contributed by atoms with Gasteiger partial charge in [0.25, 0.3) is 0 Å². The maximum atomic E-state index is 2.50. The first-order chi connectivity index (χ1) is 15.8. The number of rotatable bonds is 4. The van der Waals surface area contributed by atoms with Crippen LogP contribution in [0.5, 0.6) is 0 Å². The molecule has 170 valence electrons. The largest absolute Gasteiger partial charge is 0.344 e.